The van der Waals surface area contributed by atoms with Crippen LogP contribution in [0, 0.1) is 18.3 Å². The van der Waals surface area contributed by atoms with Crippen LogP contribution in [0.2, 0.25) is 0 Å². The molecule has 2 aliphatic heterocycles. The Balaban J connectivity index is 1.57. The number of aliphatic hydroxyl groups excluding tert-OH is 1. The highest BCUT2D eigenvalue weighted by atomic mass is 16.4. The number of nitrogens with zero attached hydrogens (tertiary/aromatic N) is 3. The second-order valence-corrected chi connectivity index (χ2v) is 8.34. The van der Waals surface area contributed by atoms with Crippen molar-refractivity contribution in [2.45, 2.75) is 58.4 Å². The second-order valence-electron chi connectivity index (χ2n) is 8.34. The molecule has 3 heterocycles. The molecule has 1 saturated carbocycles. The van der Waals surface area contributed by atoms with Crippen LogP contribution in [0.3, 0.4) is 0 Å². The SMILES string of the molecule is CCc1nc(C)c(C(=O)N2CCC[C@@]3(CO)CN(C(=O)C4CC4)CC[C@H]23)o1. The summed E-state index contributed by atoms with van der Waals surface area (Å²) in [6.45, 7) is 5.60. The molecule has 1 aromatic heterocycles. The number of aryl methyl sites for hydroxylation is 2. The van der Waals surface area contributed by atoms with Gasteiger partial charge < -0.3 is 19.3 Å². The van der Waals surface area contributed by atoms with E-state index in [0.717, 1.165) is 25.7 Å². The number of aromatic nitrogens is 1. The number of rotatable bonds is 4. The molecule has 0 bridgehead atoms. The summed E-state index contributed by atoms with van der Waals surface area (Å²) in [5.74, 6) is 1.17. The van der Waals surface area contributed by atoms with Crippen LogP contribution in [0.15, 0.2) is 4.42 Å². The fourth-order valence-corrected chi connectivity index (χ4v) is 4.82. The molecule has 3 fully saturated rings. The van der Waals surface area contributed by atoms with Gasteiger partial charge in [0.1, 0.15) is 0 Å². The van der Waals surface area contributed by atoms with Crippen LogP contribution in [0.5, 0.6) is 0 Å². The Kier molecular flexibility index (Phi) is 4.74. The smallest absolute Gasteiger partial charge is 0.291 e. The highest BCUT2D eigenvalue weighted by Crippen LogP contribution is 2.43. The van der Waals surface area contributed by atoms with Gasteiger partial charge in [0.2, 0.25) is 11.7 Å². The third-order valence-corrected chi connectivity index (χ3v) is 6.49. The normalized spacial score (nSPS) is 28.2. The van der Waals surface area contributed by atoms with Crippen LogP contribution in [0.4, 0.5) is 0 Å². The standard InChI is InChI=1S/C20H29N3O4/c1-3-16-21-13(2)17(27-16)19(26)23-9-4-8-20(12-24)11-22(10-7-15(20)23)18(25)14-5-6-14/h14-15,24H,3-12H2,1-2H3/t15-,20-/m0/s1. The van der Waals surface area contributed by atoms with Gasteiger partial charge in [0, 0.05) is 43.4 Å². The van der Waals surface area contributed by atoms with Crippen molar-refractivity contribution in [2.75, 3.05) is 26.2 Å². The van der Waals surface area contributed by atoms with Gasteiger partial charge in [0.15, 0.2) is 5.89 Å². The summed E-state index contributed by atoms with van der Waals surface area (Å²) in [5.41, 5.74) is 0.191. The van der Waals surface area contributed by atoms with Gasteiger partial charge >= 0.3 is 0 Å². The number of likely N-dealkylation sites (tertiary alicyclic amines) is 2. The first-order valence-electron chi connectivity index (χ1n) is 10.2. The summed E-state index contributed by atoms with van der Waals surface area (Å²) < 4.78 is 5.69. The van der Waals surface area contributed by atoms with E-state index in [1.54, 1.807) is 6.92 Å². The summed E-state index contributed by atoms with van der Waals surface area (Å²) in [6.07, 6.45) is 4.99. The Morgan fingerprint density at radius 1 is 1.30 bits per heavy atom. The number of carbonyl (C=O) groups is 2. The van der Waals surface area contributed by atoms with Gasteiger partial charge in [-0.2, -0.15) is 0 Å². The van der Waals surface area contributed by atoms with Crippen molar-refractivity contribution in [3.05, 3.63) is 17.3 Å². The number of hydrogen-bond acceptors (Lipinski definition) is 5. The van der Waals surface area contributed by atoms with E-state index in [1.165, 1.54) is 0 Å². The first-order valence-corrected chi connectivity index (χ1v) is 10.2. The number of amides is 2. The van der Waals surface area contributed by atoms with Crippen molar-refractivity contribution in [1.82, 2.24) is 14.8 Å². The van der Waals surface area contributed by atoms with Crippen molar-refractivity contribution >= 4 is 11.8 Å². The maximum atomic E-state index is 13.2. The minimum Gasteiger partial charge on any atom is -0.435 e. The number of oxazole rings is 1. The van der Waals surface area contributed by atoms with Gasteiger partial charge in [-0.15, -0.1) is 0 Å². The van der Waals surface area contributed by atoms with Crippen LogP contribution in [0.1, 0.15) is 61.2 Å². The van der Waals surface area contributed by atoms with Gasteiger partial charge in [-0.1, -0.05) is 6.92 Å². The molecule has 2 amide bonds. The third-order valence-electron chi connectivity index (χ3n) is 6.49. The molecule has 7 heteroatoms. The summed E-state index contributed by atoms with van der Waals surface area (Å²) in [6, 6.07) is -0.0680. The van der Waals surface area contributed by atoms with Crippen LogP contribution < -0.4 is 0 Å². The van der Waals surface area contributed by atoms with Crippen molar-refractivity contribution in [3.8, 4) is 0 Å². The van der Waals surface area contributed by atoms with E-state index in [0.29, 0.717) is 49.8 Å². The van der Waals surface area contributed by atoms with E-state index < -0.39 is 5.41 Å². The molecule has 2 atom stereocenters. The molecule has 1 aliphatic carbocycles. The molecule has 0 aromatic carbocycles. The zero-order valence-electron chi connectivity index (χ0n) is 16.2. The quantitative estimate of drug-likeness (QED) is 0.867. The topological polar surface area (TPSA) is 86.9 Å². The Labute approximate surface area is 159 Å². The van der Waals surface area contributed by atoms with Gasteiger partial charge in [0.05, 0.1) is 12.3 Å². The van der Waals surface area contributed by atoms with E-state index in [9.17, 15) is 14.7 Å². The molecule has 27 heavy (non-hydrogen) atoms. The molecule has 2 saturated heterocycles. The van der Waals surface area contributed by atoms with Crippen molar-refractivity contribution in [3.63, 3.8) is 0 Å². The lowest BCUT2D eigenvalue weighted by molar-refractivity contribution is -0.141. The van der Waals surface area contributed by atoms with Crippen LogP contribution in [-0.4, -0.2) is 64.0 Å². The largest absolute Gasteiger partial charge is 0.435 e. The van der Waals surface area contributed by atoms with Gasteiger partial charge in [0.25, 0.3) is 5.91 Å². The lowest BCUT2D eigenvalue weighted by atomic mass is 9.69. The highest BCUT2D eigenvalue weighted by Gasteiger charge is 2.51. The van der Waals surface area contributed by atoms with E-state index >= 15 is 0 Å². The number of fused-ring (bicyclic) bond motifs is 1. The average Bonchev–Trinajstić information content (AvgIpc) is 3.47. The molecule has 148 valence electrons. The molecular formula is C20H29N3O4. The minimum absolute atomic E-state index is 0.00844. The maximum Gasteiger partial charge on any atom is 0.291 e. The molecule has 0 unspecified atom stereocenters. The van der Waals surface area contributed by atoms with Crippen LogP contribution in [0.25, 0.3) is 0 Å². The molecular weight excluding hydrogens is 346 g/mol. The van der Waals surface area contributed by atoms with Gasteiger partial charge in [-0.05, 0) is 39.0 Å². The molecule has 4 rings (SSSR count). The monoisotopic (exact) mass is 375 g/mol. The number of aliphatic hydroxyl groups is 1. The molecule has 0 spiro atoms. The predicted molar refractivity (Wildman–Crippen MR) is 98.1 cm³/mol. The summed E-state index contributed by atoms with van der Waals surface area (Å²) >= 11 is 0. The van der Waals surface area contributed by atoms with E-state index in [4.69, 9.17) is 4.42 Å². The second kappa shape index (κ2) is 6.93. The van der Waals surface area contributed by atoms with Crippen molar-refractivity contribution in [2.24, 2.45) is 11.3 Å². The number of carbonyl (C=O) groups excluding carboxylic acids is 2. The zero-order chi connectivity index (χ0) is 19.2. The fourth-order valence-electron chi connectivity index (χ4n) is 4.82. The summed E-state index contributed by atoms with van der Waals surface area (Å²) in [5, 5.41) is 10.3. The fraction of sp³-hybridized carbons (Fsp3) is 0.750. The van der Waals surface area contributed by atoms with Gasteiger partial charge in [-0.25, -0.2) is 4.98 Å². The van der Waals surface area contributed by atoms with E-state index in [2.05, 4.69) is 4.98 Å². The minimum atomic E-state index is -0.432. The highest BCUT2D eigenvalue weighted by molar-refractivity contribution is 5.93. The lowest BCUT2D eigenvalue weighted by Crippen LogP contribution is -2.64. The average molecular weight is 375 g/mol. The Morgan fingerprint density at radius 3 is 2.70 bits per heavy atom. The van der Waals surface area contributed by atoms with Crippen molar-refractivity contribution in [1.29, 1.82) is 0 Å². The van der Waals surface area contributed by atoms with Gasteiger partial charge in [-0.3, -0.25) is 9.59 Å². The molecule has 1 N–H and O–H groups in total. The number of piperidine rings is 2. The van der Waals surface area contributed by atoms with Crippen LogP contribution in [-0.2, 0) is 11.2 Å². The zero-order valence-corrected chi connectivity index (χ0v) is 16.2. The molecule has 0 radical (unpaired) electrons. The first-order chi connectivity index (χ1) is 13.0. The summed E-state index contributed by atoms with van der Waals surface area (Å²) in [7, 11) is 0. The third kappa shape index (κ3) is 3.16. The lowest BCUT2D eigenvalue weighted by Gasteiger charge is -2.54. The van der Waals surface area contributed by atoms with E-state index in [-0.39, 0.29) is 30.4 Å². The molecule has 7 nitrogen and oxygen atoms in total. The Morgan fingerprint density at radius 2 is 2.07 bits per heavy atom. The Bertz CT molecular complexity index is 742. The number of hydrogen-bond donors (Lipinski definition) is 1. The maximum absolute atomic E-state index is 13.2. The van der Waals surface area contributed by atoms with Crippen molar-refractivity contribution < 1.29 is 19.1 Å². The van der Waals surface area contributed by atoms with E-state index in [1.807, 2.05) is 16.7 Å². The van der Waals surface area contributed by atoms with Crippen LogP contribution >= 0.6 is 0 Å². The first kappa shape index (κ1) is 18.5. The summed E-state index contributed by atoms with van der Waals surface area (Å²) in [4.78, 5) is 33.9. The molecule has 3 aliphatic rings. The Hall–Kier alpha value is -1.89. The molecule has 1 aromatic rings. The predicted octanol–water partition coefficient (Wildman–Crippen LogP) is 1.77.